The molecule has 1 nitrogen and oxygen atoms in total. The lowest BCUT2D eigenvalue weighted by Crippen LogP contribution is -2.24. The minimum absolute atomic E-state index is 0.00352. The van der Waals surface area contributed by atoms with E-state index in [2.05, 4.69) is 33.0 Å². The number of hydrogen-bond acceptors (Lipinski definition) is 1. The van der Waals surface area contributed by atoms with Crippen LogP contribution in [0.4, 0.5) is 14.5 Å². The van der Waals surface area contributed by atoms with Crippen molar-refractivity contribution in [2.45, 2.75) is 46.6 Å². The van der Waals surface area contributed by atoms with Crippen LogP contribution in [0.1, 0.15) is 40.5 Å². The second-order valence-electron chi connectivity index (χ2n) is 5.70. The highest BCUT2D eigenvalue weighted by Crippen LogP contribution is 2.23. The molecule has 0 aromatic heterocycles. The minimum atomic E-state index is -0.521. The van der Waals surface area contributed by atoms with Gasteiger partial charge in [0, 0.05) is 6.04 Å². The maximum absolute atomic E-state index is 13.6. The van der Waals surface area contributed by atoms with Crippen molar-refractivity contribution >= 4 is 5.69 Å². The lowest BCUT2D eigenvalue weighted by atomic mass is 9.95. The lowest BCUT2D eigenvalue weighted by molar-refractivity contribution is 0.438. The van der Waals surface area contributed by atoms with Crippen LogP contribution in [0.3, 0.4) is 0 Å². The molecule has 0 unspecified atom stereocenters. The summed E-state index contributed by atoms with van der Waals surface area (Å²) in [5, 5.41) is 3.03. The first-order valence-electron chi connectivity index (χ1n) is 6.60. The zero-order chi connectivity index (χ0) is 13.7. The Balaban J connectivity index is 2.81. The van der Waals surface area contributed by atoms with E-state index in [0.29, 0.717) is 11.8 Å². The monoisotopic (exact) mass is 255 g/mol. The second kappa shape index (κ2) is 6.72. The van der Waals surface area contributed by atoms with Gasteiger partial charge < -0.3 is 5.32 Å². The van der Waals surface area contributed by atoms with Crippen LogP contribution in [0.25, 0.3) is 0 Å². The molecule has 0 atom stereocenters. The molecule has 0 aliphatic heterocycles. The molecule has 0 bridgehead atoms. The van der Waals surface area contributed by atoms with E-state index in [1.165, 1.54) is 18.2 Å². The van der Waals surface area contributed by atoms with Crippen LogP contribution in [0, 0.1) is 23.5 Å². The lowest BCUT2D eigenvalue weighted by Gasteiger charge is -2.24. The topological polar surface area (TPSA) is 12.0 Å². The zero-order valence-electron chi connectivity index (χ0n) is 11.6. The summed E-state index contributed by atoms with van der Waals surface area (Å²) in [6.07, 6.45) is 1.82. The Bertz CT molecular complexity index is 345. The molecular weight excluding hydrogens is 232 g/mol. The average Bonchev–Trinajstić information content (AvgIpc) is 2.21. The summed E-state index contributed by atoms with van der Waals surface area (Å²) < 4.78 is 27.2. The Morgan fingerprint density at radius 3 is 1.78 bits per heavy atom. The van der Waals surface area contributed by atoms with E-state index in [1.807, 2.05) is 0 Å². The van der Waals surface area contributed by atoms with Gasteiger partial charge in [0.15, 0.2) is 0 Å². The van der Waals surface area contributed by atoms with Crippen molar-refractivity contribution < 1.29 is 8.78 Å². The predicted octanol–water partition coefficient (Wildman–Crippen LogP) is 4.84. The van der Waals surface area contributed by atoms with Crippen LogP contribution in [0.15, 0.2) is 18.2 Å². The largest absolute Gasteiger partial charge is 0.378 e. The van der Waals surface area contributed by atoms with Crippen LogP contribution in [0.2, 0.25) is 0 Å². The van der Waals surface area contributed by atoms with Crippen LogP contribution in [-0.4, -0.2) is 6.04 Å². The molecular formula is C15H23F2N. The van der Waals surface area contributed by atoms with Crippen LogP contribution in [0.5, 0.6) is 0 Å². The molecule has 0 radical (unpaired) electrons. The number of hydrogen-bond donors (Lipinski definition) is 1. The van der Waals surface area contributed by atoms with Gasteiger partial charge in [0.2, 0.25) is 0 Å². The van der Waals surface area contributed by atoms with Gasteiger partial charge in [-0.25, -0.2) is 8.78 Å². The van der Waals surface area contributed by atoms with Crippen LogP contribution >= 0.6 is 0 Å². The smallest absolute Gasteiger partial charge is 0.149 e. The Labute approximate surface area is 109 Å². The molecule has 0 aliphatic rings. The van der Waals surface area contributed by atoms with Crippen molar-refractivity contribution in [1.82, 2.24) is 0 Å². The van der Waals surface area contributed by atoms with E-state index in [1.54, 1.807) is 0 Å². The first-order valence-corrected chi connectivity index (χ1v) is 6.60. The Kier molecular flexibility index (Phi) is 5.57. The van der Waals surface area contributed by atoms with Gasteiger partial charge in [-0.15, -0.1) is 0 Å². The van der Waals surface area contributed by atoms with Gasteiger partial charge in [-0.1, -0.05) is 33.8 Å². The highest BCUT2D eigenvalue weighted by Gasteiger charge is 2.16. The SMILES string of the molecule is CC(C)CC(CC(C)C)Nc1c(F)cccc1F. The van der Waals surface area contributed by atoms with Gasteiger partial charge in [-0.2, -0.15) is 0 Å². The standard InChI is InChI=1S/C15H23F2N/c1-10(2)8-12(9-11(3)4)18-15-13(16)6-5-7-14(15)17/h5-7,10-12,18H,8-9H2,1-4H3. The van der Waals surface area contributed by atoms with Crippen molar-refractivity contribution in [3.63, 3.8) is 0 Å². The highest BCUT2D eigenvalue weighted by atomic mass is 19.1. The van der Waals surface area contributed by atoms with Gasteiger partial charge in [0.05, 0.1) is 0 Å². The summed E-state index contributed by atoms with van der Waals surface area (Å²) >= 11 is 0. The summed E-state index contributed by atoms with van der Waals surface area (Å²) in [6.45, 7) is 8.47. The summed E-state index contributed by atoms with van der Waals surface area (Å²) in [7, 11) is 0. The second-order valence-corrected chi connectivity index (χ2v) is 5.70. The van der Waals surface area contributed by atoms with Crippen LogP contribution in [-0.2, 0) is 0 Å². The van der Waals surface area contributed by atoms with Crippen molar-refractivity contribution in [2.24, 2.45) is 11.8 Å². The molecule has 0 heterocycles. The number of benzene rings is 1. The molecule has 1 aromatic rings. The van der Waals surface area contributed by atoms with Crippen molar-refractivity contribution in [1.29, 1.82) is 0 Å². The van der Waals surface area contributed by atoms with Gasteiger partial charge in [0.25, 0.3) is 0 Å². The fraction of sp³-hybridized carbons (Fsp3) is 0.600. The summed E-state index contributed by atoms with van der Waals surface area (Å²) in [5.41, 5.74) is 0.00352. The fourth-order valence-electron chi connectivity index (χ4n) is 2.19. The molecule has 3 heteroatoms. The molecule has 1 aromatic carbocycles. The number of rotatable bonds is 6. The average molecular weight is 255 g/mol. The molecule has 0 fully saturated rings. The van der Waals surface area contributed by atoms with E-state index < -0.39 is 11.6 Å². The van der Waals surface area contributed by atoms with E-state index in [4.69, 9.17) is 0 Å². The quantitative estimate of drug-likeness (QED) is 0.767. The van der Waals surface area contributed by atoms with Gasteiger partial charge in [-0.3, -0.25) is 0 Å². The van der Waals surface area contributed by atoms with E-state index in [9.17, 15) is 8.78 Å². The van der Waals surface area contributed by atoms with Crippen LogP contribution < -0.4 is 5.32 Å². The third-order valence-electron chi connectivity index (χ3n) is 2.82. The zero-order valence-corrected chi connectivity index (χ0v) is 11.6. The number of nitrogens with one attached hydrogen (secondary N) is 1. The van der Waals surface area contributed by atoms with Gasteiger partial charge in [0.1, 0.15) is 17.3 Å². The van der Waals surface area contributed by atoms with Gasteiger partial charge >= 0.3 is 0 Å². The Morgan fingerprint density at radius 2 is 1.39 bits per heavy atom. The van der Waals surface area contributed by atoms with Crippen molar-refractivity contribution in [2.75, 3.05) is 5.32 Å². The highest BCUT2D eigenvalue weighted by molar-refractivity contribution is 5.46. The molecule has 0 aliphatic carbocycles. The molecule has 1 N–H and O–H groups in total. The van der Waals surface area contributed by atoms with E-state index in [0.717, 1.165) is 12.8 Å². The number of anilines is 1. The minimum Gasteiger partial charge on any atom is -0.378 e. The van der Waals surface area contributed by atoms with E-state index in [-0.39, 0.29) is 11.7 Å². The summed E-state index contributed by atoms with van der Waals surface area (Å²) in [4.78, 5) is 0. The Hall–Kier alpha value is -1.12. The third-order valence-corrected chi connectivity index (χ3v) is 2.82. The molecule has 0 saturated heterocycles. The number of halogens is 2. The summed E-state index contributed by atoms with van der Waals surface area (Å²) in [6, 6.07) is 4.06. The van der Waals surface area contributed by atoms with E-state index >= 15 is 0 Å². The molecule has 18 heavy (non-hydrogen) atoms. The maximum atomic E-state index is 13.6. The number of para-hydroxylation sites is 1. The molecule has 1 rings (SSSR count). The molecule has 102 valence electrons. The third kappa shape index (κ3) is 4.63. The molecule has 0 spiro atoms. The fourth-order valence-corrected chi connectivity index (χ4v) is 2.19. The summed E-state index contributed by atoms with van der Waals surface area (Å²) in [5.74, 6) is -0.0489. The molecule has 0 saturated carbocycles. The van der Waals surface area contributed by atoms with Gasteiger partial charge in [-0.05, 0) is 36.8 Å². The molecule has 0 amide bonds. The Morgan fingerprint density at radius 1 is 0.944 bits per heavy atom. The van der Waals surface area contributed by atoms with Crippen molar-refractivity contribution in [3.05, 3.63) is 29.8 Å². The van der Waals surface area contributed by atoms with Crippen molar-refractivity contribution in [3.8, 4) is 0 Å². The normalized spacial score (nSPS) is 11.6. The predicted molar refractivity (Wildman–Crippen MR) is 72.7 cm³/mol. The maximum Gasteiger partial charge on any atom is 0.149 e. The first kappa shape index (κ1) is 14.9. The first-order chi connectivity index (χ1) is 8.40.